The van der Waals surface area contributed by atoms with Crippen LogP contribution in [0, 0.1) is 0 Å². The molecule has 0 aromatic carbocycles. The Morgan fingerprint density at radius 3 is 2.86 bits per heavy atom. The number of hydrogen-bond acceptors (Lipinski definition) is 3. The summed E-state index contributed by atoms with van der Waals surface area (Å²) in [6.45, 7) is 4.34. The second kappa shape index (κ2) is 5.29. The van der Waals surface area contributed by atoms with Crippen LogP contribution >= 0.6 is 11.6 Å². The zero-order valence-electron chi connectivity index (χ0n) is 8.37. The van der Waals surface area contributed by atoms with Crippen LogP contribution in [0.4, 0.5) is 0 Å². The predicted octanol–water partition coefficient (Wildman–Crippen LogP) is 1.77. The quantitative estimate of drug-likeness (QED) is 0.751. The number of aliphatic hydroxyl groups is 1. The van der Waals surface area contributed by atoms with Crippen molar-refractivity contribution < 1.29 is 5.11 Å². The highest BCUT2D eigenvalue weighted by Gasteiger charge is 2.06. The number of nitrogens with zero attached hydrogens (tertiary/aromatic N) is 1. The maximum atomic E-state index is 9.10. The van der Waals surface area contributed by atoms with Crippen molar-refractivity contribution in [3.8, 4) is 0 Å². The highest BCUT2D eigenvalue weighted by Crippen LogP contribution is 2.14. The average molecular weight is 215 g/mol. The second-order valence-electron chi connectivity index (χ2n) is 3.39. The molecular formula is C10H15ClN2O. The Balaban J connectivity index is 2.56. The maximum absolute atomic E-state index is 9.10. The molecule has 4 heteroatoms. The van der Waals surface area contributed by atoms with Gasteiger partial charge in [-0.1, -0.05) is 11.6 Å². The summed E-state index contributed by atoms with van der Waals surface area (Å²) in [5.41, 5.74) is 1.07. The zero-order chi connectivity index (χ0) is 10.6. The summed E-state index contributed by atoms with van der Waals surface area (Å²) < 4.78 is 0. The number of aromatic nitrogens is 1. The van der Waals surface area contributed by atoms with E-state index in [1.54, 1.807) is 13.1 Å². The summed E-state index contributed by atoms with van der Waals surface area (Å²) in [6, 6.07) is 3.90. The molecule has 0 fully saturated rings. The summed E-state index contributed by atoms with van der Waals surface area (Å²) >= 11 is 5.76. The molecule has 1 aromatic heterocycles. The maximum Gasteiger partial charge on any atom is 0.129 e. The van der Waals surface area contributed by atoms with Gasteiger partial charge in [0.1, 0.15) is 5.15 Å². The van der Waals surface area contributed by atoms with Crippen molar-refractivity contribution in [3.05, 3.63) is 29.0 Å². The molecule has 1 aromatic rings. The lowest BCUT2D eigenvalue weighted by Gasteiger charge is -2.15. The molecule has 0 radical (unpaired) electrons. The van der Waals surface area contributed by atoms with Crippen molar-refractivity contribution in [3.63, 3.8) is 0 Å². The lowest BCUT2D eigenvalue weighted by molar-refractivity contribution is 0.187. The Hall–Kier alpha value is -0.640. The van der Waals surface area contributed by atoms with Gasteiger partial charge in [-0.25, -0.2) is 4.98 Å². The van der Waals surface area contributed by atoms with E-state index in [1.165, 1.54) is 0 Å². The van der Waals surface area contributed by atoms with Crippen LogP contribution in [-0.4, -0.2) is 22.7 Å². The molecule has 14 heavy (non-hydrogen) atoms. The minimum atomic E-state index is -0.338. The molecule has 0 aliphatic heterocycles. The molecule has 2 N–H and O–H groups in total. The molecule has 3 nitrogen and oxygen atoms in total. The summed E-state index contributed by atoms with van der Waals surface area (Å²) in [4.78, 5) is 3.91. The Kier molecular flexibility index (Phi) is 4.32. The number of aliphatic hydroxyl groups excluding tert-OH is 1. The third kappa shape index (κ3) is 3.62. The molecule has 0 bridgehead atoms. The Bertz CT molecular complexity index is 291. The highest BCUT2D eigenvalue weighted by molar-refractivity contribution is 6.29. The van der Waals surface area contributed by atoms with Gasteiger partial charge < -0.3 is 10.4 Å². The molecule has 2 atom stereocenters. The first-order valence-corrected chi connectivity index (χ1v) is 5.00. The van der Waals surface area contributed by atoms with Crippen LogP contribution < -0.4 is 5.32 Å². The van der Waals surface area contributed by atoms with Crippen molar-refractivity contribution in [2.24, 2.45) is 0 Å². The van der Waals surface area contributed by atoms with Gasteiger partial charge in [0.15, 0.2) is 0 Å². The number of hydrogen-bond donors (Lipinski definition) is 2. The van der Waals surface area contributed by atoms with Crippen molar-refractivity contribution in [2.75, 3.05) is 6.54 Å². The first kappa shape index (κ1) is 11.4. The average Bonchev–Trinajstić information content (AvgIpc) is 2.14. The molecule has 0 saturated heterocycles. The smallest absolute Gasteiger partial charge is 0.129 e. The van der Waals surface area contributed by atoms with Crippen molar-refractivity contribution >= 4 is 11.6 Å². The second-order valence-corrected chi connectivity index (χ2v) is 3.78. The van der Waals surface area contributed by atoms with E-state index in [9.17, 15) is 0 Å². The largest absolute Gasteiger partial charge is 0.392 e. The fraction of sp³-hybridized carbons (Fsp3) is 0.500. The van der Waals surface area contributed by atoms with Crippen molar-refractivity contribution in [1.82, 2.24) is 10.3 Å². The molecule has 1 rings (SSSR count). The lowest BCUT2D eigenvalue weighted by Crippen LogP contribution is -2.27. The lowest BCUT2D eigenvalue weighted by atomic mass is 10.1. The standard InChI is InChI=1S/C10H15ClN2O/c1-7(14)6-13-8(2)9-3-4-12-10(11)5-9/h3-5,7-8,13-14H,6H2,1-2H3/t7-,8?/m1/s1. The van der Waals surface area contributed by atoms with Gasteiger partial charge in [-0.2, -0.15) is 0 Å². The molecule has 1 heterocycles. The number of rotatable bonds is 4. The topological polar surface area (TPSA) is 45.1 Å². The van der Waals surface area contributed by atoms with Crippen molar-refractivity contribution in [2.45, 2.75) is 26.0 Å². The minimum Gasteiger partial charge on any atom is -0.392 e. The van der Waals surface area contributed by atoms with Crippen LogP contribution in [0.5, 0.6) is 0 Å². The molecule has 1 unspecified atom stereocenters. The number of pyridine rings is 1. The molecular weight excluding hydrogens is 200 g/mol. The van der Waals surface area contributed by atoms with E-state index in [0.717, 1.165) is 5.56 Å². The summed E-state index contributed by atoms with van der Waals surface area (Å²) in [5.74, 6) is 0. The Morgan fingerprint density at radius 1 is 1.57 bits per heavy atom. The first-order valence-electron chi connectivity index (χ1n) is 4.62. The monoisotopic (exact) mass is 214 g/mol. The summed E-state index contributed by atoms with van der Waals surface area (Å²) in [7, 11) is 0. The van der Waals surface area contributed by atoms with Crippen molar-refractivity contribution in [1.29, 1.82) is 0 Å². The predicted molar refractivity (Wildman–Crippen MR) is 57.3 cm³/mol. The Labute approximate surface area is 89.1 Å². The van der Waals surface area contributed by atoms with E-state index in [4.69, 9.17) is 16.7 Å². The SMILES string of the molecule is CC(NC[C@@H](C)O)c1ccnc(Cl)c1. The number of halogens is 1. The molecule has 0 aliphatic carbocycles. The van der Waals surface area contributed by atoms with Crippen LogP contribution in [0.25, 0.3) is 0 Å². The fourth-order valence-corrected chi connectivity index (χ4v) is 1.33. The highest BCUT2D eigenvalue weighted by atomic mass is 35.5. The normalized spacial score (nSPS) is 15.1. The van der Waals surface area contributed by atoms with Gasteiger partial charge in [0, 0.05) is 18.8 Å². The van der Waals surface area contributed by atoms with Gasteiger partial charge in [0.2, 0.25) is 0 Å². The van der Waals surface area contributed by atoms with Gasteiger partial charge in [-0.15, -0.1) is 0 Å². The van der Waals surface area contributed by atoms with Gasteiger partial charge >= 0.3 is 0 Å². The third-order valence-electron chi connectivity index (χ3n) is 1.97. The van der Waals surface area contributed by atoms with E-state index in [-0.39, 0.29) is 12.1 Å². The van der Waals surface area contributed by atoms with E-state index in [2.05, 4.69) is 10.3 Å². The van der Waals surface area contributed by atoms with Crippen LogP contribution in [0.15, 0.2) is 18.3 Å². The van der Waals surface area contributed by atoms with Crippen LogP contribution in [0.1, 0.15) is 25.5 Å². The van der Waals surface area contributed by atoms with Gasteiger partial charge in [-0.05, 0) is 31.5 Å². The van der Waals surface area contributed by atoms with Crippen LogP contribution in [0.2, 0.25) is 5.15 Å². The van der Waals surface area contributed by atoms with E-state index in [0.29, 0.717) is 11.7 Å². The molecule has 0 aliphatic rings. The van der Waals surface area contributed by atoms with Gasteiger partial charge in [0.25, 0.3) is 0 Å². The molecule has 0 saturated carbocycles. The third-order valence-corrected chi connectivity index (χ3v) is 2.18. The zero-order valence-corrected chi connectivity index (χ0v) is 9.12. The summed E-state index contributed by atoms with van der Waals surface area (Å²) in [5, 5.41) is 12.8. The summed E-state index contributed by atoms with van der Waals surface area (Å²) in [6.07, 6.45) is 1.34. The Morgan fingerprint density at radius 2 is 2.29 bits per heavy atom. The van der Waals surface area contributed by atoms with Gasteiger partial charge in [0.05, 0.1) is 6.10 Å². The van der Waals surface area contributed by atoms with E-state index < -0.39 is 0 Å². The van der Waals surface area contributed by atoms with E-state index in [1.807, 2.05) is 19.1 Å². The van der Waals surface area contributed by atoms with Gasteiger partial charge in [-0.3, -0.25) is 0 Å². The fourth-order valence-electron chi connectivity index (χ4n) is 1.15. The molecule has 0 spiro atoms. The number of nitrogens with one attached hydrogen (secondary N) is 1. The molecule has 0 amide bonds. The first-order chi connectivity index (χ1) is 6.59. The van der Waals surface area contributed by atoms with Crippen LogP contribution in [-0.2, 0) is 0 Å². The van der Waals surface area contributed by atoms with Crippen LogP contribution in [0.3, 0.4) is 0 Å². The molecule has 78 valence electrons. The minimum absolute atomic E-state index is 0.171. The van der Waals surface area contributed by atoms with E-state index >= 15 is 0 Å².